The number of halogens is 2. The monoisotopic (exact) mass is 451 g/mol. The summed E-state index contributed by atoms with van der Waals surface area (Å²) in [7, 11) is 0. The van der Waals surface area contributed by atoms with Gasteiger partial charge in [0.2, 0.25) is 5.95 Å². The van der Waals surface area contributed by atoms with Crippen molar-refractivity contribution in [2.45, 2.75) is 31.6 Å². The van der Waals surface area contributed by atoms with Crippen molar-refractivity contribution in [2.24, 2.45) is 5.92 Å². The van der Waals surface area contributed by atoms with Gasteiger partial charge >= 0.3 is 0 Å². The Hall–Kier alpha value is -3.56. The van der Waals surface area contributed by atoms with Crippen LogP contribution in [0.1, 0.15) is 36.2 Å². The number of anilines is 1. The van der Waals surface area contributed by atoms with Gasteiger partial charge in [0.1, 0.15) is 11.3 Å². The number of pyridine rings is 1. The van der Waals surface area contributed by atoms with Gasteiger partial charge in [-0.25, -0.2) is 23.3 Å². The number of imidazole rings is 1. The number of rotatable bonds is 6. The SMILES string of the molecule is O=C(c1cnc2ccc(-c3ccn4nc(NCC(F)(F)C5CC5)ncc34)cn12)N1CCCC1. The second kappa shape index (κ2) is 7.50. The quantitative estimate of drug-likeness (QED) is 0.483. The van der Waals surface area contributed by atoms with Gasteiger partial charge in [-0.3, -0.25) is 9.20 Å². The van der Waals surface area contributed by atoms with E-state index in [9.17, 15) is 13.6 Å². The van der Waals surface area contributed by atoms with E-state index in [0.717, 1.165) is 42.6 Å². The summed E-state index contributed by atoms with van der Waals surface area (Å²) >= 11 is 0. The lowest BCUT2D eigenvalue weighted by Crippen LogP contribution is -2.30. The molecule has 5 heterocycles. The Morgan fingerprint density at radius 1 is 1.12 bits per heavy atom. The molecule has 0 unspecified atom stereocenters. The lowest BCUT2D eigenvalue weighted by Gasteiger charge is -2.16. The van der Waals surface area contributed by atoms with E-state index < -0.39 is 18.4 Å². The Morgan fingerprint density at radius 2 is 1.94 bits per heavy atom. The first-order chi connectivity index (χ1) is 16.0. The minimum Gasteiger partial charge on any atom is -0.347 e. The fraction of sp³-hybridized carbons (Fsp3) is 0.391. The van der Waals surface area contributed by atoms with Crippen molar-refractivity contribution in [3.05, 3.63) is 48.7 Å². The number of fused-ring (bicyclic) bond motifs is 2. The molecular weight excluding hydrogens is 428 g/mol. The van der Waals surface area contributed by atoms with E-state index in [0.29, 0.717) is 24.2 Å². The van der Waals surface area contributed by atoms with Crippen molar-refractivity contribution in [3.63, 3.8) is 0 Å². The van der Waals surface area contributed by atoms with Gasteiger partial charge in [-0.1, -0.05) is 0 Å². The van der Waals surface area contributed by atoms with Crippen molar-refractivity contribution >= 4 is 23.0 Å². The number of aromatic nitrogens is 5. The predicted molar refractivity (Wildman–Crippen MR) is 118 cm³/mol. The van der Waals surface area contributed by atoms with Crippen LogP contribution in [0, 0.1) is 5.92 Å². The maximum atomic E-state index is 14.0. The van der Waals surface area contributed by atoms with Crippen LogP contribution < -0.4 is 5.32 Å². The Morgan fingerprint density at radius 3 is 2.73 bits per heavy atom. The zero-order valence-electron chi connectivity index (χ0n) is 17.9. The topological polar surface area (TPSA) is 79.8 Å². The molecular formula is C23H23F2N7O. The molecule has 0 bridgehead atoms. The van der Waals surface area contributed by atoms with E-state index >= 15 is 0 Å². The van der Waals surface area contributed by atoms with Gasteiger partial charge in [0.25, 0.3) is 11.8 Å². The van der Waals surface area contributed by atoms with E-state index in [4.69, 9.17) is 0 Å². The van der Waals surface area contributed by atoms with E-state index in [1.165, 1.54) is 0 Å². The second-order valence-electron chi connectivity index (χ2n) is 8.82. The van der Waals surface area contributed by atoms with Crippen LogP contribution >= 0.6 is 0 Å². The summed E-state index contributed by atoms with van der Waals surface area (Å²) in [5, 5.41) is 7.00. The number of alkyl halides is 2. The number of nitrogens with zero attached hydrogens (tertiary/aromatic N) is 6. The maximum absolute atomic E-state index is 14.0. The summed E-state index contributed by atoms with van der Waals surface area (Å²) in [4.78, 5) is 23.4. The highest BCUT2D eigenvalue weighted by Gasteiger charge is 2.46. The molecule has 2 aliphatic rings. The molecule has 0 aromatic carbocycles. The van der Waals surface area contributed by atoms with E-state index in [1.54, 1.807) is 23.1 Å². The molecule has 1 aliphatic carbocycles. The molecule has 0 spiro atoms. The van der Waals surface area contributed by atoms with Gasteiger partial charge in [-0.15, -0.1) is 5.10 Å². The smallest absolute Gasteiger partial charge is 0.272 e. The van der Waals surface area contributed by atoms with Crippen LogP contribution in [0.25, 0.3) is 22.3 Å². The molecule has 6 rings (SSSR count). The summed E-state index contributed by atoms with van der Waals surface area (Å²) in [5.41, 5.74) is 3.73. The zero-order chi connectivity index (χ0) is 22.6. The Balaban J connectivity index is 1.29. The highest BCUT2D eigenvalue weighted by molar-refractivity contribution is 5.93. The van der Waals surface area contributed by atoms with Crippen LogP contribution in [0.2, 0.25) is 0 Å². The van der Waals surface area contributed by atoms with E-state index in [1.807, 2.05) is 33.7 Å². The fourth-order valence-electron chi connectivity index (χ4n) is 4.45. The summed E-state index contributed by atoms with van der Waals surface area (Å²) in [6.45, 7) is 1.08. The molecule has 0 radical (unpaired) electrons. The normalized spacial score (nSPS) is 16.7. The molecule has 4 aromatic rings. The number of nitrogens with one attached hydrogen (secondary N) is 1. The minimum atomic E-state index is -2.75. The minimum absolute atomic E-state index is 0.0130. The maximum Gasteiger partial charge on any atom is 0.272 e. The van der Waals surface area contributed by atoms with Crippen molar-refractivity contribution in [2.75, 3.05) is 25.0 Å². The number of carbonyl (C=O) groups is 1. The first-order valence-electron chi connectivity index (χ1n) is 11.2. The van der Waals surface area contributed by atoms with Crippen LogP contribution in [0.4, 0.5) is 14.7 Å². The van der Waals surface area contributed by atoms with Crippen LogP contribution in [-0.2, 0) is 0 Å². The van der Waals surface area contributed by atoms with Crippen LogP contribution in [-0.4, -0.2) is 60.3 Å². The lowest BCUT2D eigenvalue weighted by molar-refractivity contribution is -0.00834. The van der Waals surface area contributed by atoms with Crippen LogP contribution in [0.5, 0.6) is 0 Å². The molecule has 4 aromatic heterocycles. The van der Waals surface area contributed by atoms with Crippen LogP contribution in [0.3, 0.4) is 0 Å². The second-order valence-corrected chi connectivity index (χ2v) is 8.82. The Bertz CT molecular complexity index is 1350. The molecule has 1 N–H and O–H groups in total. The predicted octanol–water partition coefficient (Wildman–Crippen LogP) is 3.74. The molecule has 1 amide bonds. The Labute approximate surface area is 188 Å². The summed E-state index contributed by atoms with van der Waals surface area (Å²) in [6, 6.07) is 5.70. The molecule has 10 heteroatoms. The molecule has 1 saturated heterocycles. The standard InChI is InChI=1S/C23H23F2N7O/c24-23(25,16-4-5-16)14-28-22-27-11-18-17(7-10-32(18)29-22)15-3-6-20-26-12-19(31(20)13-15)21(33)30-8-1-2-9-30/h3,6-7,10-13,16H,1-2,4-5,8-9,14H2,(H,28,29). The largest absolute Gasteiger partial charge is 0.347 e. The number of likely N-dealkylation sites (tertiary alicyclic amines) is 1. The number of hydrogen-bond donors (Lipinski definition) is 1. The van der Waals surface area contributed by atoms with Crippen molar-refractivity contribution in [3.8, 4) is 11.1 Å². The van der Waals surface area contributed by atoms with Crippen molar-refractivity contribution in [1.29, 1.82) is 0 Å². The highest BCUT2D eigenvalue weighted by atomic mass is 19.3. The van der Waals surface area contributed by atoms with Crippen molar-refractivity contribution in [1.82, 2.24) is 28.9 Å². The molecule has 2 fully saturated rings. The average Bonchev–Trinajstić information content (AvgIpc) is 3.23. The fourth-order valence-corrected chi connectivity index (χ4v) is 4.45. The molecule has 0 atom stereocenters. The average molecular weight is 451 g/mol. The van der Waals surface area contributed by atoms with Gasteiger partial charge in [-0.2, -0.15) is 0 Å². The summed E-state index contributed by atoms with van der Waals surface area (Å²) < 4.78 is 31.4. The first kappa shape index (κ1) is 20.1. The first-order valence-corrected chi connectivity index (χ1v) is 11.2. The third kappa shape index (κ3) is 3.59. The van der Waals surface area contributed by atoms with E-state index in [2.05, 4.69) is 20.4 Å². The molecule has 1 aliphatic heterocycles. The molecule has 1 saturated carbocycles. The molecule has 170 valence electrons. The highest BCUT2D eigenvalue weighted by Crippen LogP contribution is 2.43. The summed E-state index contributed by atoms with van der Waals surface area (Å²) in [6.07, 6.45) is 10.1. The third-order valence-corrected chi connectivity index (χ3v) is 6.50. The van der Waals surface area contributed by atoms with Gasteiger partial charge in [0, 0.05) is 42.5 Å². The molecule has 8 nitrogen and oxygen atoms in total. The van der Waals surface area contributed by atoms with Gasteiger partial charge < -0.3 is 10.2 Å². The Kier molecular flexibility index (Phi) is 4.56. The third-order valence-electron chi connectivity index (χ3n) is 6.50. The van der Waals surface area contributed by atoms with Crippen molar-refractivity contribution < 1.29 is 13.6 Å². The summed E-state index contributed by atoms with van der Waals surface area (Å²) in [5.74, 6) is -3.13. The van der Waals surface area contributed by atoms with Crippen LogP contribution in [0.15, 0.2) is 43.0 Å². The lowest BCUT2D eigenvalue weighted by atomic mass is 10.1. The van der Waals surface area contributed by atoms with E-state index in [-0.39, 0.29) is 11.9 Å². The van der Waals surface area contributed by atoms with Gasteiger partial charge in [-0.05, 0) is 43.9 Å². The zero-order valence-corrected chi connectivity index (χ0v) is 17.9. The number of hydrogen-bond acceptors (Lipinski definition) is 5. The number of carbonyl (C=O) groups excluding carboxylic acids is 1. The van der Waals surface area contributed by atoms with Gasteiger partial charge in [0.15, 0.2) is 0 Å². The number of amides is 1. The van der Waals surface area contributed by atoms with Gasteiger partial charge in [0.05, 0.1) is 24.5 Å². The molecule has 33 heavy (non-hydrogen) atoms.